The number of aliphatic imine (C=N–C) groups is 1. The Hall–Kier alpha value is -1.87. The number of amidine groups is 1. The fourth-order valence-electron chi connectivity index (χ4n) is 2.58. The molecular formula is C14H16F2N4O2S. The summed E-state index contributed by atoms with van der Waals surface area (Å²) in [7, 11) is 1.29. The van der Waals surface area contributed by atoms with Crippen molar-refractivity contribution >= 4 is 23.1 Å². The summed E-state index contributed by atoms with van der Waals surface area (Å²) in [5, 5.41) is 5.58. The number of methoxy groups -OCH3 is 1. The maximum atomic E-state index is 13.4. The Bertz CT molecular complexity index is 658. The predicted molar refractivity (Wildman–Crippen MR) is 81.7 cm³/mol. The molecule has 1 fully saturated rings. The Morgan fingerprint density at radius 1 is 1.57 bits per heavy atom. The van der Waals surface area contributed by atoms with Gasteiger partial charge in [-0.05, 0) is 0 Å². The minimum atomic E-state index is -2.67. The Labute approximate surface area is 135 Å². The second kappa shape index (κ2) is 6.32. The zero-order valence-electron chi connectivity index (χ0n) is 12.5. The summed E-state index contributed by atoms with van der Waals surface area (Å²) < 4.78 is 31.5. The zero-order valence-corrected chi connectivity index (χ0v) is 13.3. The predicted octanol–water partition coefficient (Wildman–Crippen LogP) is 1.26. The molecule has 124 valence electrons. The number of rotatable bonds is 4. The molecule has 0 aliphatic carbocycles. The van der Waals surface area contributed by atoms with Crippen LogP contribution < -0.4 is 5.32 Å². The molecule has 0 unspecified atom stereocenters. The van der Waals surface area contributed by atoms with Crippen LogP contribution in [0.5, 0.6) is 0 Å². The van der Waals surface area contributed by atoms with Crippen molar-refractivity contribution in [3.63, 3.8) is 0 Å². The number of hydrogen-bond acceptors (Lipinski definition) is 7. The van der Waals surface area contributed by atoms with Crippen molar-refractivity contribution in [3.05, 3.63) is 27.9 Å². The quantitative estimate of drug-likeness (QED) is 0.835. The van der Waals surface area contributed by atoms with E-state index in [1.807, 2.05) is 5.38 Å². The molecule has 1 aromatic heterocycles. The summed E-state index contributed by atoms with van der Waals surface area (Å²) in [4.78, 5) is 22.0. The lowest BCUT2D eigenvalue weighted by Gasteiger charge is -2.24. The van der Waals surface area contributed by atoms with Gasteiger partial charge < -0.3 is 10.1 Å². The average molecular weight is 342 g/mol. The first-order valence-electron chi connectivity index (χ1n) is 7.10. The topological polar surface area (TPSA) is 66.8 Å². The van der Waals surface area contributed by atoms with Gasteiger partial charge in [0, 0.05) is 36.8 Å². The molecule has 1 N–H and O–H groups in total. The van der Waals surface area contributed by atoms with Crippen LogP contribution in [0.1, 0.15) is 11.4 Å². The number of ether oxygens (including phenoxy) is 1. The lowest BCUT2D eigenvalue weighted by atomic mass is 10.1. The molecule has 1 aromatic rings. The van der Waals surface area contributed by atoms with Gasteiger partial charge in [-0.3, -0.25) is 9.89 Å². The first kappa shape index (κ1) is 16.0. The number of carbonyl (C=O) groups is 1. The van der Waals surface area contributed by atoms with E-state index in [9.17, 15) is 13.6 Å². The molecule has 0 aromatic carbocycles. The third-order valence-corrected chi connectivity index (χ3v) is 4.51. The highest BCUT2D eigenvalue weighted by molar-refractivity contribution is 7.11. The Morgan fingerprint density at radius 3 is 3.00 bits per heavy atom. The highest BCUT2D eigenvalue weighted by atomic mass is 32.1. The fraction of sp³-hybridized carbons (Fsp3) is 0.500. The maximum Gasteiger partial charge on any atom is 0.337 e. The van der Waals surface area contributed by atoms with Crippen LogP contribution in [-0.4, -0.2) is 60.9 Å². The number of alkyl halides is 2. The molecule has 6 nitrogen and oxygen atoms in total. The monoisotopic (exact) mass is 342 g/mol. The number of esters is 1. The molecule has 0 bridgehead atoms. The molecular weight excluding hydrogens is 326 g/mol. The van der Waals surface area contributed by atoms with Crippen molar-refractivity contribution in [2.75, 3.05) is 33.3 Å². The highest BCUT2D eigenvalue weighted by Crippen LogP contribution is 2.27. The van der Waals surface area contributed by atoms with E-state index in [0.717, 1.165) is 0 Å². The van der Waals surface area contributed by atoms with E-state index in [4.69, 9.17) is 4.74 Å². The van der Waals surface area contributed by atoms with Crippen LogP contribution in [0, 0.1) is 0 Å². The average Bonchev–Trinajstić information content (AvgIpc) is 3.16. The lowest BCUT2D eigenvalue weighted by molar-refractivity contribution is -0.136. The maximum absolute atomic E-state index is 13.4. The molecule has 0 amide bonds. The molecule has 9 heteroatoms. The second-order valence-corrected chi connectivity index (χ2v) is 6.29. The second-order valence-electron chi connectivity index (χ2n) is 5.39. The van der Waals surface area contributed by atoms with E-state index >= 15 is 0 Å². The van der Waals surface area contributed by atoms with Gasteiger partial charge in [-0.25, -0.2) is 18.6 Å². The Balaban J connectivity index is 1.79. The van der Waals surface area contributed by atoms with E-state index < -0.39 is 11.9 Å². The summed E-state index contributed by atoms with van der Waals surface area (Å²) in [6.45, 7) is 0.352. The molecule has 3 heterocycles. The highest BCUT2D eigenvalue weighted by Gasteiger charge is 2.39. The summed E-state index contributed by atoms with van der Waals surface area (Å²) >= 11 is 1.41. The molecule has 0 atom stereocenters. The van der Waals surface area contributed by atoms with Gasteiger partial charge in [0.25, 0.3) is 5.92 Å². The standard InChI is InChI=1S/C14H16F2N4O2S/c1-22-13(21)9-6-18-11(12-17-3-5-23-12)19-10(9)7-20-4-2-14(15,16)8-20/h3,5H,2,4,6-8H2,1H3,(H,18,19). The van der Waals surface area contributed by atoms with E-state index in [1.54, 1.807) is 11.1 Å². The van der Waals surface area contributed by atoms with Crippen LogP contribution >= 0.6 is 11.3 Å². The minimum Gasteiger partial charge on any atom is -0.466 e. The van der Waals surface area contributed by atoms with Gasteiger partial charge in [-0.2, -0.15) is 0 Å². The molecule has 0 radical (unpaired) electrons. The van der Waals surface area contributed by atoms with E-state index in [2.05, 4.69) is 15.3 Å². The van der Waals surface area contributed by atoms with E-state index in [-0.39, 0.29) is 32.6 Å². The van der Waals surface area contributed by atoms with Crippen LogP contribution in [0.3, 0.4) is 0 Å². The molecule has 23 heavy (non-hydrogen) atoms. The Morgan fingerprint density at radius 2 is 2.39 bits per heavy atom. The largest absolute Gasteiger partial charge is 0.466 e. The number of thiazole rings is 1. The first-order valence-corrected chi connectivity index (χ1v) is 7.98. The van der Waals surface area contributed by atoms with E-state index in [0.29, 0.717) is 22.1 Å². The number of aromatic nitrogens is 1. The number of halogens is 2. The van der Waals surface area contributed by atoms with Crippen molar-refractivity contribution in [2.24, 2.45) is 4.99 Å². The number of nitrogens with one attached hydrogen (secondary N) is 1. The molecule has 3 rings (SSSR count). The summed E-state index contributed by atoms with van der Waals surface area (Å²) in [5.41, 5.74) is 0.915. The fourth-order valence-corrected chi connectivity index (χ4v) is 3.18. The summed E-state index contributed by atoms with van der Waals surface area (Å²) in [6, 6.07) is 0. The van der Waals surface area contributed by atoms with Gasteiger partial charge in [0.1, 0.15) is 0 Å². The van der Waals surface area contributed by atoms with Gasteiger partial charge in [-0.15, -0.1) is 11.3 Å². The number of likely N-dealkylation sites (tertiary alicyclic amines) is 1. The summed E-state index contributed by atoms with van der Waals surface area (Å²) in [5.74, 6) is -2.62. The van der Waals surface area contributed by atoms with Crippen LogP contribution in [0.15, 0.2) is 27.8 Å². The van der Waals surface area contributed by atoms with Gasteiger partial charge >= 0.3 is 5.97 Å². The number of nitrogens with zero attached hydrogens (tertiary/aromatic N) is 3. The molecule has 0 saturated carbocycles. The molecule has 2 aliphatic rings. The number of carbonyl (C=O) groups excluding carboxylic acids is 1. The lowest BCUT2D eigenvalue weighted by Crippen LogP contribution is -2.38. The van der Waals surface area contributed by atoms with Gasteiger partial charge in [0.2, 0.25) is 0 Å². The van der Waals surface area contributed by atoms with Crippen molar-refractivity contribution in [1.82, 2.24) is 15.2 Å². The third-order valence-electron chi connectivity index (χ3n) is 3.73. The van der Waals surface area contributed by atoms with Crippen LogP contribution in [-0.2, 0) is 9.53 Å². The van der Waals surface area contributed by atoms with Gasteiger partial charge in [0.05, 0.1) is 25.8 Å². The Kier molecular flexibility index (Phi) is 4.40. The van der Waals surface area contributed by atoms with Crippen LogP contribution in [0.2, 0.25) is 0 Å². The van der Waals surface area contributed by atoms with Crippen molar-refractivity contribution in [1.29, 1.82) is 0 Å². The minimum absolute atomic E-state index is 0.147. The number of hydrogen-bond donors (Lipinski definition) is 1. The van der Waals surface area contributed by atoms with Crippen LogP contribution in [0.4, 0.5) is 8.78 Å². The van der Waals surface area contributed by atoms with Crippen LogP contribution in [0.25, 0.3) is 0 Å². The van der Waals surface area contributed by atoms with Crippen molar-refractivity contribution in [3.8, 4) is 0 Å². The molecule has 1 saturated heterocycles. The van der Waals surface area contributed by atoms with E-state index in [1.165, 1.54) is 18.4 Å². The zero-order chi connectivity index (χ0) is 16.4. The first-order chi connectivity index (χ1) is 11.0. The smallest absolute Gasteiger partial charge is 0.337 e. The van der Waals surface area contributed by atoms with Crippen molar-refractivity contribution in [2.45, 2.75) is 12.3 Å². The molecule has 0 spiro atoms. The van der Waals surface area contributed by atoms with Gasteiger partial charge in [-0.1, -0.05) is 0 Å². The van der Waals surface area contributed by atoms with Gasteiger partial charge in [0.15, 0.2) is 10.8 Å². The molecule has 2 aliphatic heterocycles. The summed E-state index contributed by atoms with van der Waals surface area (Å²) in [6.07, 6.45) is 1.49. The normalized spacial score (nSPS) is 21.1. The van der Waals surface area contributed by atoms with Crippen molar-refractivity contribution < 1.29 is 18.3 Å². The third kappa shape index (κ3) is 3.56. The SMILES string of the molecule is COC(=O)C1=C(CN2CCC(F)(F)C2)NC(c2nccs2)=NC1.